The number of nitrogens with zero attached hydrogens (tertiary/aromatic N) is 3. The molecule has 184 valence electrons. The van der Waals surface area contributed by atoms with Gasteiger partial charge in [0.1, 0.15) is 11.6 Å². The molecule has 0 aliphatic rings. The lowest BCUT2D eigenvalue weighted by Gasteiger charge is -2.27. The van der Waals surface area contributed by atoms with Gasteiger partial charge < -0.3 is 19.5 Å². The fourth-order valence-corrected chi connectivity index (χ4v) is 3.99. The number of esters is 1. The molecule has 0 amide bonds. The van der Waals surface area contributed by atoms with Gasteiger partial charge in [0.15, 0.2) is 23.0 Å². The summed E-state index contributed by atoms with van der Waals surface area (Å²) in [5.74, 6) is 1.43. The first kappa shape index (κ1) is 24.3. The van der Waals surface area contributed by atoms with Gasteiger partial charge in [-0.2, -0.15) is 0 Å². The number of methoxy groups -OCH3 is 2. The minimum Gasteiger partial charge on any atom is -0.493 e. The predicted octanol–water partition coefficient (Wildman–Crippen LogP) is 5.34. The SMILES string of the molecule is COc1ccc(-c2cnc3c(NC(C(=O)OC(C)(C)C)C(C)C)nc4ccccc4n23)cc1OC. The first-order chi connectivity index (χ1) is 16.6. The third kappa shape index (κ3) is 4.87. The van der Waals surface area contributed by atoms with Crippen molar-refractivity contribution in [2.45, 2.75) is 46.3 Å². The lowest BCUT2D eigenvalue weighted by Crippen LogP contribution is -2.40. The Labute approximate surface area is 205 Å². The Kier molecular flexibility index (Phi) is 6.56. The molecule has 0 saturated carbocycles. The van der Waals surface area contributed by atoms with Gasteiger partial charge in [-0.15, -0.1) is 0 Å². The largest absolute Gasteiger partial charge is 0.493 e. The number of imidazole rings is 1. The summed E-state index contributed by atoms with van der Waals surface area (Å²) in [7, 11) is 3.22. The minimum absolute atomic E-state index is 0.0292. The minimum atomic E-state index is -0.591. The molecule has 4 rings (SSSR count). The van der Waals surface area contributed by atoms with Crippen LogP contribution in [0.25, 0.3) is 27.9 Å². The Bertz CT molecular complexity index is 1370. The van der Waals surface area contributed by atoms with E-state index >= 15 is 0 Å². The number of ether oxygens (including phenoxy) is 3. The molecule has 4 aromatic rings. The van der Waals surface area contributed by atoms with Crippen molar-refractivity contribution in [3.05, 3.63) is 48.7 Å². The van der Waals surface area contributed by atoms with Gasteiger partial charge in [0.25, 0.3) is 0 Å². The molecule has 2 heterocycles. The van der Waals surface area contributed by atoms with E-state index in [-0.39, 0.29) is 11.9 Å². The van der Waals surface area contributed by atoms with Crippen molar-refractivity contribution in [3.63, 3.8) is 0 Å². The van der Waals surface area contributed by atoms with Crippen molar-refractivity contribution >= 4 is 28.5 Å². The van der Waals surface area contributed by atoms with Gasteiger partial charge in [0, 0.05) is 5.56 Å². The zero-order chi connectivity index (χ0) is 25.3. The summed E-state index contributed by atoms with van der Waals surface area (Å²) in [6.45, 7) is 9.53. The Balaban J connectivity index is 1.88. The van der Waals surface area contributed by atoms with Crippen molar-refractivity contribution in [1.29, 1.82) is 0 Å². The fraction of sp³-hybridized carbons (Fsp3) is 0.370. The van der Waals surface area contributed by atoms with Gasteiger partial charge in [-0.3, -0.25) is 4.40 Å². The van der Waals surface area contributed by atoms with Crippen molar-refractivity contribution in [2.24, 2.45) is 5.92 Å². The number of rotatable bonds is 7. The Morgan fingerprint density at radius 3 is 2.40 bits per heavy atom. The maximum Gasteiger partial charge on any atom is 0.329 e. The number of para-hydroxylation sites is 2. The molecule has 8 nitrogen and oxygen atoms in total. The molecule has 0 radical (unpaired) electrons. The average Bonchev–Trinajstić information content (AvgIpc) is 3.26. The van der Waals surface area contributed by atoms with Crippen LogP contribution in [0.4, 0.5) is 5.82 Å². The summed E-state index contributed by atoms with van der Waals surface area (Å²) in [4.78, 5) is 22.5. The number of fused-ring (bicyclic) bond motifs is 3. The summed E-state index contributed by atoms with van der Waals surface area (Å²) in [6, 6.07) is 13.0. The standard InChI is InChI=1S/C27H32N4O4/c1-16(2)23(26(32)35-27(3,4)5)30-24-25-28-15-20(17-12-13-21(33-6)22(14-17)34-7)31(25)19-11-9-8-10-18(19)29-24/h8-16,23H,1-7H3,(H,29,30). The molecule has 35 heavy (non-hydrogen) atoms. The van der Waals surface area contributed by atoms with Crippen LogP contribution in [0.15, 0.2) is 48.7 Å². The van der Waals surface area contributed by atoms with Crippen LogP contribution in [0.3, 0.4) is 0 Å². The molecular formula is C27H32N4O4. The Morgan fingerprint density at radius 1 is 1.03 bits per heavy atom. The van der Waals surface area contributed by atoms with Gasteiger partial charge in [0.05, 0.1) is 37.1 Å². The molecule has 0 saturated heterocycles. The number of hydrogen-bond donors (Lipinski definition) is 1. The molecule has 0 spiro atoms. The smallest absolute Gasteiger partial charge is 0.329 e. The van der Waals surface area contributed by atoms with Crippen molar-refractivity contribution < 1.29 is 19.0 Å². The molecule has 2 aromatic heterocycles. The summed E-state index contributed by atoms with van der Waals surface area (Å²) in [5, 5.41) is 3.33. The van der Waals surface area contributed by atoms with Crippen molar-refractivity contribution in [3.8, 4) is 22.8 Å². The molecule has 1 atom stereocenters. The number of carbonyl (C=O) groups is 1. The van der Waals surface area contributed by atoms with Gasteiger partial charge >= 0.3 is 5.97 Å². The van der Waals surface area contributed by atoms with E-state index < -0.39 is 11.6 Å². The third-order valence-electron chi connectivity index (χ3n) is 5.63. The first-order valence-corrected chi connectivity index (χ1v) is 11.6. The van der Waals surface area contributed by atoms with Crippen LogP contribution in [-0.4, -0.2) is 46.2 Å². The van der Waals surface area contributed by atoms with Crippen LogP contribution >= 0.6 is 0 Å². The zero-order valence-electron chi connectivity index (χ0n) is 21.2. The van der Waals surface area contributed by atoms with Crippen molar-refractivity contribution in [2.75, 3.05) is 19.5 Å². The molecule has 8 heteroatoms. The molecule has 0 fully saturated rings. The lowest BCUT2D eigenvalue weighted by molar-refractivity contribution is -0.156. The van der Waals surface area contributed by atoms with Crippen LogP contribution in [0.2, 0.25) is 0 Å². The number of hydrogen-bond acceptors (Lipinski definition) is 7. The van der Waals surface area contributed by atoms with E-state index in [1.165, 1.54) is 0 Å². The highest BCUT2D eigenvalue weighted by atomic mass is 16.6. The topological polar surface area (TPSA) is 87.0 Å². The summed E-state index contributed by atoms with van der Waals surface area (Å²) >= 11 is 0. The normalized spacial score (nSPS) is 12.7. The van der Waals surface area contributed by atoms with Gasteiger partial charge in [-0.05, 0) is 57.0 Å². The van der Waals surface area contributed by atoms with Crippen LogP contribution in [0.1, 0.15) is 34.6 Å². The third-order valence-corrected chi connectivity index (χ3v) is 5.63. The van der Waals surface area contributed by atoms with E-state index in [0.717, 1.165) is 22.3 Å². The number of aromatic nitrogens is 3. The second kappa shape index (κ2) is 9.44. The van der Waals surface area contributed by atoms with Crippen LogP contribution in [0.5, 0.6) is 11.5 Å². The second-order valence-corrected chi connectivity index (χ2v) is 9.72. The maximum absolute atomic E-state index is 13.0. The Morgan fingerprint density at radius 2 is 1.74 bits per heavy atom. The summed E-state index contributed by atoms with van der Waals surface area (Å²) in [5.41, 5.74) is 3.46. The summed E-state index contributed by atoms with van der Waals surface area (Å²) < 4.78 is 18.6. The molecule has 2 aromatic carbocycles. The number of benzene rings is 2. The fourth-order valence-electron chi connectivity index (χ4n) is 3.99. The highest BCUT2D eigenvalue weighted by Crippen LogP contribution is 2.34. The van der Waals surface area contributed by atoms with Gasteiger partial charge in [-0.25, -0.2) is 14.8 Å². The molecule has 0 aliphatic carbocycles. The zero-order valence-corrected chi connectivity index (χ0v) is 21.2. The molecule has 1 N–H and O–H groups in total. The lowest BCUT2D eigenvalue weighted by atomic mass is 10.0. The second-order valence-electron chi connectivity index (χ2n) is 9.72. The predicted molar refractivity (Wildman–Crippen MR) is 137 cm³/mol. The number of anilines is 1. The first-order valence-electron chi connectivity index (χ1n) is 11.6. The highest BCUT2D eigenvalue weighted by molar-refractivity contribution is 5.88. The molecule has 1 unspecified atom stereocenters. The van der Waals surface area contributed by atoms with E-state index in [0.29, 0.717) is 23.0 Å². The van der Waals surface area contributed by atoms with Crippen LogP contribution in [-0.2, 0) is 9.53 Å². The van der Waals surface area contributed by atoms with Crippen molar-refractivity contribution in [1.82, 2.24) is 14.4 Å². The maximum atomic E-state index is 13.0. The van der Waals surface area contributed by atoms with E-state index in [4.69, 9.17) is 24.2 Å². The molecular weight excluding hydrogens is 444 g/mol. The van der Waals surface area contributed by atoms with E-state index in [1.807, 2.05) is 81.5 Å². The van der Waals surface area contributed by atoms with E-state index in [1.54, 1.807) is 20.4 Å². The Hall–Kier alpha value is -3.81. The molecule has 0 bridgehead atoms. The molecule has 0 aliphatic heterocycles. The quantitative estimate of drug-likeness (QED) is 0.360. The average molecular weight is 477 g/mol. The van der Waals surface area contributed by atoms with Gasteiger partial charge in [-0.1, -0.05) is 26.0 Å². The highest BCUT2D eigenvalue weighted by Gasteiger charge is 2.29. The monoisotopic (exact) mass is 476 g/mol. The van der Waals surface area contributed by atoms with E-state index in [2.05, 4.69) is 5.32 Å². The van der Waals surface area contributed by atoms with Crippen LogP contribution in [0, 0.1) is 5.92 Å². The number of nitrogens with one attached hydrogen (secondary N) is 1. The number of carbonyl (C=O) groups excluding carboxylic acids is 1. The van der Waals surface area contributed by atoms with Crippen LogP contribution < -0.4 is 14.8 Å². The van der Waals surface area contributed by atoms with Gasteiger partial charge in [0.2, 0.25) is 0 Å². The summed E-state index contributed by atoms with van der Waals surface area (Å²) in [6.07, 6.45) is 1.80. The van der Waals surface area contributed by atoms with E-state index in [9.17, 15) is 4.79 Å².